The van der Waals surface area contributed by atoms with Crippen LogP contribution < -0.4 is 5.73 Å². The predicted octanol–water partition coefficient (Wildman–Crippen LogP) is 2.48. The summed E-state index contributed by atoms with van der Waals surface area (Å²) in [7, 11) is 0. The lowest BCUT2D eigenvalue weighted by atomic mass is 9.87. The number of rotatable bonds is 4. The average molecular weight is 212 g/mol. The van der Waals surface area contributed by atoms with Crippen LogP contribution in [-0.2, 0) is 0 Å². The molecule has 0 bridgehead atoms. The van der Waals surface area contributed by atoms with E-state index in [-0.39, 0.29) is 0 Å². The molecule has 0 radical (unpaired) electrons. The first-order chi connectivity index (χ1) is 7.09. The molecule has 2 unspecified atom stereocenters. The van der Waals surface area contributed by atoms with E-state index in [1.807, 2.05) is 0 Å². The molecule has 15 heavy (non-hydrogen) atoms. The van der Waals surface area contributed by atoms with Crippen molar-refractivity contribution in [3.8, 4) is 0 Å². The fourth-order valence-electron chi connectivity index (χ4n) is 2.34. The van der Waals surface area contributed by atoms with E-state index in [4.69, 9.17) is 5.73 Å². The summed E-state index contributed by atoms with van der Waals surface area (Å²) in [6, 6.07) is 0. The van der Waals surface area contributed by atoms with Gasteiger partial charge in [-0.25, -0.2) is 0 Å². The summed E-state index contributed by atoms with van der Waals surface area (Å²) in [5.74, 6) is 0.917. The highest BCUT2D eigenvalue weighted by Gasteiger charge is 2.24. The molecule has 1 aliphatic rings. The number of nitrogens with two attached hydrogens (primary N) is 1. The van der Waals surface area contributed by atoms with Crippen LogP contribution in [0.15, 0.2) is 0 Å². The molecule has 0 spiro atoms. The Morgan fingerprint density at radius 2 is 2.07 bits per heavy atom. The van der Waals surface area contributed by atoms with Gasteiger partial charge in [-0.3, -0.25) is 0 Å². The molecule has 0 aliphatic carbocycles. The van der Waals surface area contributed by atoms with Gasteiger partial charge in [0, 0.05) is 6.54 Å². The number of hydrogen-bond acceptors (Lipinski definition) is 2. The summed E-state index contributed by atoms with van der Waals surface area (Å²) in [6.45, 7) is 11.5. The third-order valence-electron chi connectivity index (χ3n) is 4.06. The summed E-state index contributed by atoms with van der Waals surface area (Å²) in [6.07, 6.45) is 5.33. The molecule has 1 aliphatic heterocycles. The maximum Gasteiger partial charge on any atom is 0.00473 e. The molecule has 2 nitrogen and oxygen atoms in total. The Labute approximate surface area is 95.2 Å². The van der Waals surface area contributed by atoms with Crippen molar-refractivity contribution in [2.24, 2.45) is 17.1 Å². The summed E-state index contributed by atoms with van der Waals surface area (Å²) in [4.78, 5) is 2.62. The molecule has 1 fully saturated rings. The van der Waals surface area contributed by atoms with Gasteiger partial charge >= 0.3 is 0 Å². The second kappa shape index (κ2) is 5.86. The van der Waals surface area contributed by atoms with E-state index in [2.05, 4.69) is 25.7 Å². The Hall–Kier alpha value is -0.0800. The molecule has 0 aromatic carbocycles. The van der Waals surface area contributed by atoms with Crippen LogP contribution in [-0.4, -0.2) is 31.1 Å². The zero-order valence-electron chi connectivity index (χ0n) is 10.8. The van der Waals surface area contributed by atoms with Gasteiger partial charge < -0.3 is 10.6 Å². The lowest BCUT2D eigenvalue weighted by molar-refractivity contribution is 0.167. The molecule has 1 saturated heterocycles. The molecule has 90 valence electrons. The van der Waals surface area contributed by atoms with E-state index in [1.54, 1.807) is 0 Å². The normalized spacial score (nSPS) is 28.4. The summed E-state index contributed by atoms with van der Waals surface area (Å²) >= 11 is 0. The molecule has 1 heterocycles. The Kier molecular flexibility index (Phi) is 5.07. The van der Waals surface area contributed by atoms with Gasteiger partial charge in [-0.05, 0) is 56.7 Å². The monoisotopic (exact) mass is 212 g/mol. The standard InChI is InChI=1S/C13H28N2/c1-4-13(3,10-14)11-15-8-5-6-12(2)7-9-15/h12H,4-11,14H2,1-3H3. The van der Waals surface area contributed by atoms with Crippen molar-refractivity contribution < 1.29 is 0 Å². The highest BCUT2D eigenvalue weighted by Crippen LogP contribution is 2.24. The van der Waals surface area contributed by atoms with Gasteiger partial charge in [0.1, 0.15) is 0 Å². The van der Waals surface area contributed by atoms with Crippen LogP contribution in [0.1, 0.15) is 46.5 Å². The topological polar surface area (TPSA) is 29.3 Å². The minimum atomic E-state index is 0.327. The molecule has 2 atom stereocenters. The van der Waals surface area contributed by atoms with E-state index in [0.29, 0.717) is 5.41 Å². The molecule has 2 N–H and O–H groups in total. The van der Waals surface area contributed by atoms with Gasteiger partial charge in [-0.2, -0.15) is 0 Å². The van der Waals surface area contributed by atoms with E-state index in [9.17, 15) is 0 Å². The Morgan fingerprint density at radius 1 is 1.33 bits per heavy atom. The largest absolute Gasteiger partial charge is 0.330 e. The van der Waals surface area contributed by atoms with Gasteiger partial charge in [0.25, 0.3) is 0 Å². The minimum Gasteiger partial charge on any atom is -0.330 e. The van der Waals surface area contributed by atoms with Crippen molar-refractivity contribution in [1.29, 1.82) is 0 Å². The van der Waals surface area contributed by atoms with Crippen LogP contribution in [0.3, 0.4) is 0 Å². The van der Waals surface area contributed by atoms with Gasteiger partial charge in [-0.15, -0.1) is 0 Å². The minimum absolute atomic E-state index is 0.327. The lowest BCUT2D eigenvalue weighted by Gasteiger charge is -2.33. The fraction of sp³-hybridized carbons (Fsp3) is 1.00. The first-order valence-electron chi connectivity index (χ1n) is 6.52. The van der Waals surface area contributed by atoms with Crippen LogP contribution in [0.2, 0.25) is 0 Å². The molecular formula is C13H28N2. The SMILES string of the molecule is CCC(C)(CN)CN1CCCC(C)CC1. The second-order valence-corrected chi connectivity index (χ2v) is 5.68. The summed E-state index contributed by atoms with van der Waals surface area (Å²) in [5.41, 5.74) is 6.20. The maximum atomic E-state index is 5.87. The van der Waals surface area contributed by atoms with Crippen molar-refractivity contribution in [1.82, 2.24) is 4.90 Å². The quantitative estimate of drug-likeness (QED) is 0.776. The van der Waals surface area contributed by atoms with Crippen molar-refractivity contribution in [2.45, 2.75) is 46.5 Å². The highest BCUT2D eigenvalue weighted by atomic mass is 15.1. The molecule has 2 heteroatoms. The van der Waals surface area contributed by atoms with Gasteiger partial charge in [-0.1, -0.05) is 20.8 Å². The molecule has 1 rings (SSSR count). The molecule has 0 saturated carbocycles. The van der Waals surface area contributed by atoms with Gasteiger partial charge in [0.15, 0.2) is 0 Å². The zero-order valence-corrected chi connectivity index (χ0v) is 10.8. The Morgan fingerprint density at radius 3 is 2.67 bits per heavy atom. The third-order valence-corrected chi connectivity index (χ3v) is 4.06. The van der Waals surface area contributed by atoms with Gasteiger partial charge in [0.05, 0.1) is 0 Å². The lowest BCUT2D eigenvalue weighted by Crippen LogP contribution is -2.40. The van der Waals surface area contributed by atoms with Gasteiger partial charge in [0.2, 0.25) is 0 Å². The van der Waals surface area contributed by atoms with E-state index in [1.165, 1.54) is 45.3 Å². The smallest absolute Gasteiger partial charge is 0.00473 e. The molecule has 0 aromatic rings. The van der Waals surface area contributed by atoms with E-state index >= 15 is 0 Å². The number of nitrogens with zero attached hydrogens (tertiary/aromatic N) is 1. The number of hydrogen-bond donors (Lipinski definition) is 1. The molecule has 0 amide bonds. The van der Waals surface area contributed by atoms with Crippen molar-refractivity contribution in [3.63, 3.8) is 0 Å². The van der Waals surface area contributed by atoms with Crippen molar-refractivity contribution >= 4 is 0 Å². The summed E-state index contributed by atoms with van der Waals surface area (Å²) < 4.78 is 0. The van der Waals surface area contributed by atoms with Crippen molar-refractivity contribution in [2.75, 3.05) is 26.2 Å². The second-order valence-electron chi connectivity index (χ2n) is 5.68. The van der Waals surface area contributed by atoms with Crippen LogP contribution in [0.25, 0.3) is 0 Å². The molecular weight excluding hydrogens is 184 g/mol. The third kappa shape index (κ3) is 4.12. The Bertz CT molecular complexity index is 175. The first-order valence-corrected chi connectivity index (χ1v) is 6.52. The van der Waals surface area contributed by atoms with E-state index in [0.717, 1.165) is 12.5 Å². The van der Waals surface area contributed by atoms with E-state index < -0.39 is 0 Å². The van der Waals surface area contributed by atoms with Crippen LogP contribution in [0.4, 0.5) is 0 Å². The average Bonchev–Trinajstić information content (AvgIpc) is 2.44. The van der Waals surface area contributed by atoms with Crippen LogP contribution in [0, 0.1) is 11.3 Å². The van der Waals surface area contributed by atoms with Crippen molar-refractivity contribution in [3.05, 3.63) is 0 Å². The van der Waals surface area contributed by atoms with Crippen LogP contribution >= 0.6 is 0 Å². The molecule has 0 aromatic heterocycles. The fourth-order valence-corrected chi connectivity index (χ4v) is 2.34. The first kappa shape index (κ1) is 13.0. The summed E-state index contributed by atoms with van der Waals surface area (Å²) in [5, 5.41) is 0. The Balaban J connectivity index is 2.43. The highest BCUT2D eigenvalue weighted by molar-refractivity contribution is 4.79. The van der Waals surface area contributed by atoms with Crippen LogP contribution in [0.5, 0.6) is 0 Å². The zero-order chi connectivity index (χ0) is 11.3. The maximum absolute atomic E-state index is 5.87. The predicted molar refractivity (Wildman–Crippen MR) is 66.9 cm³/mol. The number of likely N-dealkylation sites (tertiary alicyclic amines) is 1.